The Hall–Kier alpha value is -4.62. The first-order chi connectivity index (χ1) is 20.3. The molecule has 216 valence electrons. The van der Waals surface area contributed by atoms with E-state index in [1.54, 1.807) is 10.7 Å². The SMILES string of the molecule is CCn1nc(C)cc1C(=O)Nc1ccc(C)c(-c2noc(-c3sc(-c4ccc(N5CCN(C)CC5)nc4)nc3N)n2)c1. The number of amides is 1. The van der Waals surface area contributed by atoms with Crippen molar-refractivity contribution in [2.75, 3.05) is 49.2 Å². The number of nitrogens with one attached hydrogen (secondary N) is 1. The number of likely N-dealkylation sites (N-methyl/N-ethyl adjacent to an activating group) is 1. The second-order valence-corrected chi connectivity index (χ2v) is 11.3. The number of hydrogen-bond acceptors (Lipinski definition) is 11. The minimum atomic E-state index is -0.239. The number of nitrogens with zero attached hydrogens (tertiary/aromatic N) is 8. The number of aromatic nitrogens is 6. The number of thiazole rings is 1. The number of hydrogen-bond donors (Lipinski definition) is 2. The molecule has 1 aromatic carbocycles. The van der Waals surface area contributed by atoms with Gasteiger partial charge in [-0.15, -0.1) is 11.3 Å². The van der Waals surface area contributed by atoms with Crippen LogP contribution in [0.1, 0.15) is 28.7 Å². The van der Waals surface area contributed by atoms with E-state index in [0.29, 0.717) is 34.4 Å². The predicted molar refractivity (Wildman–Crippen MR) is 164 cm³/mol. The number of nitrogen functional groups attached to an aromatic ring is 1. The molecule has 4 aromatic heterocycles. The minimum Gasteiger partial charge on any atom is -0.382 e. The molecule has 0 aliphatic carbocycles. The number of carbonyl (C=O) groups excluding carboxylic acids is 1. The topological polar surface area (TPSA) is 144 Å². The van der Waals surface area contributed by atoms with Gasteiger partial charge in [-0.3, -0.25) is 9.48 Å². The molecule has 0 spiro atoms. The van der Waals surface area contributed by atoms with E-state index in [1.807, 2.05) is 57.3 Å². The lowest BCUT2D eigenvalue weighted by atomic mass is 10.1. The van der Waals surface area contributed by atoms with Crippen molar-refractivity contribution in [1.82, 2.24) is 34.8 Å². The zero-order chi connectivity index (χ0) is 29.4. The van der Waals surface area contributed by atoms with Gasteiger partial charge < -0.3 is 25.4 Å². The van der Waals surface area contributed by atoms with Crippen LogP contribution < -0.4 is 16.0 Å². The molecular weight excluding hydrogens is 552 g/mol. The number of rotatable bonds is 7. The maximum absolute atomic E-state index is 12.9. The van der Waals surface area contributed by atoms with Gasteiger partial charge in [-0.05, 0) is 63.7 Å². The van der Waals surface area contributed by atoms with Crippen LogP contribution in [-0.2, 0) is 6.54 Å². The maximum Gasteiger partial charge on any atom is 0.273 e. The molecule has 5 heterocycles. The fourth-order valence-electron chi connectivity index (χ4n) is 4.87. The van der Waals surface area contributed by atoms with Gasteiger partial charge in [-0.1, -0.05) is 11.2 Å². The summed E-state index contributed by atoms with van der Waals surface area (Å²) in [6, 6.07) is 11.4. The summed E-state index contributed by atoms with van der Waals surface area (Å²) in [5.74, 6) is 1.70. The van der Waals surface area contributed by atoms with Crippen molar-refractivity contribution in [3.05, 3.63) is 59.5 Å². The van der Waals surface area contributed by atoms with Crippen LogP contribution in [0.4, 0.5) is 17.3 Å². The number of benzene rings is 1. The highest BCUT2D eigenvalue weighted by atomic mass is 32.1. The smallest absolute Gasteiger partial charge is 0.273 e. The monoisotopic (exact) mass is 584 g/mol. The standard InChI is InChI=1S/C29H32N10O2S/c1-5-39-22(14-18(3)35-39)27(40)32-20-8-6-17(2)21(15-20)26-34-28(41-36-26)24-25(30)33-29(42-24)19-7-9-23(31-16-19)38-12-10-37(4)11-13-38/h6-9,14-16H,5,10-13,30H2,1-4H3,(H,32,40). The molecule has 1 amide bonds. The third kappa shape index (κ3) is 5.48. The highest BCUT2D eigenvalue weighted by molar-refractivity contribution is 7.18. The first kappa shape index (κ1) is 27.5. The van der Waals surface area contributed by atoms with E-state index in [1.165, 1.54) is 11.3 Å². The Morgan fingerprint density at radius 3 is 2.64 bits per heavy atom. The maximum atomic E-state index is 12.9. The Balaban J connectivity index is 1.21. The molecule has 1 fully saturated rings. The lowest BCUT2D eigenvalue weighted by molar-refractivity contribution is 0.101. The highest BCUT2D eigenvalue weighted by Gasteiger charge is 2.21. The molecule has 0 saturated carbocycles. The first-order valence-electron chi connectivity index (χ1n) is 13.8. The van der Waals surface area contributed by atoms with Crippen LogP contribution in [0.5, 0.6) is 0 Å². The van der Waals surface area contributed by atoms with Gasteiger partial charge in [0, 0.05) is 55.7 Å². The Kier molecular flexibility index (Phi) is 7.43. The number of nitrogens with two attached hydrogens (primary N) is 1. The number of carbonyl (C=O) groups is 1. The van der Waals surface area contributed by atoms with Crippen molar-refractivity contribution in [3.8, 4) is 32.7 Å². The van der Waals surface area contributed by atoms with E-state index >= 15 is 0 Å². The summed E-state index contributed by atoms with van der Waals surface area (Å²) < 4.78 is 7.30. The van der Waals surface area contributed by atoms with E-state index < -0.39 is 0 Å². The van der Waals surface area contributed by atoms with Crippen LogP contribution in [0.3, 0.4) is 0 Å². The quantitative estimate of drug-likeness (QED) is 0.283. The molecule has 0 bridgehead atoms. The van der Waals surface area contributed by atoms with Crippen LogP contribution in [0.2, 0.25) is 0 Å². The summed E-state index contributed by atoms with van der Waals surface area (Å²) in [5, 5.41) is 12.3. The van der Waals surface area contributed by atoms with Crippen LogP contribution in [-0.4, -0.2) is 73.9 Å². The Labute approximate surface area is 247 Å². The van der Waals surface area contributed by atoms with Crippen molar-refractivity contribution in [3.63, 3.8) is 0 Å². The molecular formula is C29H32N10O2S. The van der Waals surface area contributed by atoms with Crippen LogP contribution >= 0.6 is 11.3 Å². The summed E-state index contributed by atoms with van der Waals surface area (Å²) in [4.78, 5) is 32.0. The second-order valence-electron chi connectivity index (χ2n) is 10.3. The van der Waals surface area contributed by atoms with E-state index in [-0.39, 0.29) is 11.8 Å². The molecule has 1 saturated heterocycles. The van der Waals surface area contributed by atoms with Gasteiger partial charge in [0.05, 0.1) is 5.69 Å². The normalized spacial score (nSPS) is 14.0. The molecule has 0 radical (unpaired) electrons. The first-order valence-corrected chi connectivity index (χ1v) is 14.6. The van der Waals surface area contributed by atoms with E-state index in [2.05, 4.69) is 47.4 Å². The molecule has 12 nitrogen and oxygen atoms in total. The van der Waals surface area contributed by atoms with E-state index in [0.717, 1.165) is 59.4 Å². The molecule has 3 N–H and O–H groups in total. The number of piperazine rings is 1. The third-order valence-corrected chi connectivity index (χ3v) is 8.37. The Morgan fingerprint density at radius 1 is 1.10 bits per heavy atom. The number of anilines is 3. The fourth-order valence-corrected chi connectivity index (χ4v) is 5.77. The fraction of sp³-hybridized carbons (Fsp3) is 0.310. The molecule has 1 aliphatic rings. The van der Waals surface area contributed by atoms with Crippen molar-refractivity contribution in [2.24, 2.45) is 0 Å². The summed E-state index contributed by atoms with van der Waals surface area (Å²) in [6.07, 6.45) is 1.83. The lowest BCUT2D eigenvalue weighted by Gasteiger charge is -2.33. The average molecular weight is 585 g/mol. The van der Waals surface area contributed by atoms with Crippen LogP contribution in [0, 0.1) is 13.8 Å². The Morgan fingerprint density at radius 2 is 1.90 bits per heavy atom. The second kappa shape index (κ2) is 11.3. The van der Waals surface area contributed by atoms with E-state index in [4.69, 9.17) is 10.3 Å². The van der Waals surface area contributed by atoms with Gasteiger partial charge in [-0.25, -0.2) is 9.97 Å². The van der Waals surface area contributed by atoms with Gasteiger partial charge in [0.25, 0.3) is 11.8 Å². The molecule has 0 unspecified atom stereocenters. The lowest BCUT2D eigenvalue weighted by Crippen LogP contribution is -2.44. The molecule has 1 aliphatic heterocycles. The van der Waals surface area contributed by atoms with E-state index in [9.17, 15) is 4.79 Å². The van der Waals surface area contributed by atoms with Gasteiger partial charge in [0.15, 0.2) is 0 Å². The van der Waals surface area contributed by atoms with Gasteiger partial charge >= 0.3 is 0 Å². The predicted octanol–water partition coefficient (Wildman–Crippen LogP) is 4.34. The summed E-state index contributed by atoms with van der Waals surface area (Å²) in [7, 11) is 2.13. The largest absolute Gasteiger partial charge is 0.382 e. The number of pyridine rings is 1. The van der Waals surface area contributed by atoms with Crippen molar-refractivity contribution >= 4 is 34.6 Å². The summed E-state index contributed by atoms with van der Waals surface area (Å²) >= 11 is 1.38. The van der Waals surface area contributed by atoms with Crippen LogP contribution in [0.25, 0.3) is 32.7 Å². The summed E-state index contributed by atoms with van der Waals surface area (Å²) in [5.41, 5.74) is 10.7. The minimum absolute atomic E-state index is 0.239. The van der Waals surface area contributed by atoms with Gasteiger partial charge in [-0.2, -0.15) is 10.1 Å². The Bertz CT molecular complexity index is 1730. The highest BCUT2D eigenvalue weighted by Crippen LogP contribution is 2.37. The zero-order valence-corrected chi connectivity index (χ0v) is 24.8. The molecule has 42 heavy (non-hydrogen) atoms. The summed E-state index contributed by atoms with van der Waals surface area (Å²) in [6.45, 7) is 10.3. The molecule has 5 aromatic rings. The van der Waals surface area contributed by atoms with Crippen molar-refractivity contribution in [1.29, 1.82) is 0 Å². The zero-order valence-electron chi connectivity index (χ0n) is 24.0. The number of aryl methyl sites for hydroxylation is 3. The molecule has 13 heteroatoms. The third-order valence-electron chi connectivity index (χ3n) is 7.27. The average Bonchev–Trinajstić information content (AvgIpc) is 3.73. The molecule has 6 rings (SSSR count). The van der Waals surface area contributed by atoms with Crippen molar-refractivity contribution < 1.29 is 9.32 Å². The van der Waals surface area contributed by atoms with Gasteiger partial charge in [0.1, 0.15) is 27.2 Å². The molecule has 0 atom stereocenters. The van der Waals surface area contributed by atoms with Crippen LogP contribution in [0.15, 0.2) is 47.1 Å². The van der Waals surface area contributed by atoms with Crippen molar-refractivity contribution in [2.45, 2.75) is 27.3 Å². The van der Waals surface area contributed by atoms with Gasteiger partial charge in [0.2, 0.25) is 5.82 Å².